The van der Waals surface area contributed by atoms with Gasteiger partial charge in [0, 0.05) is 0 Å². The molecule has 4 nitrogen and oxygen atoms in total. The van der Waals surface area contributed by atoms with Crippen LogP contribution in [0.4, 0.5) is 4.79 Å². The van der Waals surface area contributed by atoms with Crippen LogP contribution in [0.15, 0.2) is 30.3 Å². The SMILES string of the molecule is CC(C#N)OC(=O)Oc1ccccc1. The molecule has 0 bridgehead atoms. The fraction of sp³-hybridized carbons (Fsp3) is 0.200. The number of para-hydroxylation sites is 1. The second-order valence-electron chi connectivity index (χ2n) is 2.55. The van der Waals surface area contributed by atoms with E-state index in [4.69, 9.17) is 10.00 Å². The summed E-state index contributed by atoms with van der Waals surface area (Å²) in [6, 6.07) is 10.3. The molecule has 0 aliphatic carbocycles. The molecule has 0 amide bonds. The monoisotopic (exact) mass is 191 g/mol. The van der Waals surface area contributed by atoms with Crippen LogP contribution in [0.3, 0.4) is 0 Å². The zero-order valence-corrected chi connectivity index (χ0v) is 7.64. The van der Waals surface area contributed by atoms with Gasteiger partial charge < -0.3 is 9.47 Å². The minimum Gasteiger partial charge on any atom is -0.416 e. The molecule has 1 aromatic carbocycles. The lowest BCUT2D eigenvalue weighted by atomic mass is 10.3. The third-order valence-electron chi connectivity index (χ3n) is 1.40. The van der Waals surface area contributed by atoms with Crippen LogP contribution in [-0.2, 0) is 4.74 Å². The van der Waals surface area contributed by atoms with Crippen molar-refractivity contribution in [2.75, 3.05) is 0 Å². The molecule has 0 N–H and O–H groups in total. The first-order valence-corrected chi connectivity index (χ1v) is 4.05. The molecule has 0 aromatic heterocycles. The number of rotatable bonds is 2. The van der Waals surface area contributed by atoms with E-state index < -0.39 is 12.3 Å². The number of benzene rings is 1. The quantitative estimate of drug-likeness (QED) is 0.530. The van der Waals surface area contributed by atoms with Gasteiger partial charge in [-0.05, 0) is 19.1 Å². The van der Waals surface area contributed by atoms with Crippen LogP contribution >= 0.6 is 0 Å². The van der Waals surface area contributed by atoms with E-state index in [1.807, 2.05) is 0 Å². The standard InChI is InChI=1S/C10H9NO3/c1-8(7-11)13-10(12)14-9-5-3-2-4-6-9/h2-6,8H,1H3. The van der Waals surface area contributed by atoms with E-state index in [9.17, 15) is 4.79 Å². The normalized spacial score (nSPS) is 11.1. The molecular weight excluding hydrogens is 182 g/mol. The molecule has 1 aromatic rings. The highest BCUT2D eigenvalue weighted by Gasteiger charge is 2.09. The number of nitriles is 1. The lowest BCUT2D eigenvalue weighted by Crippen LogP contribution is -2.16. The van der Waals surface area contributed by atoms with Crippen molar-refractivity contribution in [1.82, 2.24) is 0 Å². The Bertz CT molecular complexity index is 342. The van der Waals surface area contributed by atoms with Gasteiger partial charge in [-0.25, -0.2) is 4.79 Å². The second kappa shape index (κ2) is 4.87. The molecule has 1 unspecified atom stereocenters. The van der Waals surface area contributed by atoms with E-state index in [-0.39, 0.29) is 0 Å². The molecule has 14 heavy (non-hydrogen) atoms. The number of hydrogen-bond donors (Lipinski definition) is 0. The van der Waals surface area contributed by atoms with Gasteiger partial charge in [0.25, 0.3) is 0 Å². The van der Waals surface area contributed by atoms with Gasteiger partial charge in [-0.1, -0.05) is 18.2 Å². The van der Waals surface area contributed by atoms with Crippen LogP contribution in [-0.4, -0.2) is 12.3 Å². The van der Waals surface area contributed by atoms with Crippen LogP contribution in [0.2, 0.25) is 0 Å². The molecule has 4 heteroatoms. The van der Waals surface area contributed by atoms with E-state index in [1.165, 1.54) is 6.92 Å². The van der Waals surface area contributed by atoms with Crippen LogP contribution in [0.25, 0.3) is 0 Å². The van der Waals surface area contributed by atoms with Crippen molar-refractivity contribution in [3.05, 3.63) is 30.3 Å². The number of nitrogens with zero attached hydrogens (tertiary/aromatic N) is 1. The molecule has 0 heterocycles. The first-order chi connectivity index (χ1) is 6.72. The molecule has 0 aliphatic rings. The minimum atomic E-state index is -0.870. The molecule has 72 valence electrons. The molecule has 0 saturated carbocycles. The molecule has 0 fully saturated rings. The molecule has 0 saturated heterocycles. The van der Waals surface area contributed by atoms with Gasteiger partial charge in [-0.2, -0.15) is 5.26 Å². The minimum absolute atomic E-state index is 0.391. The second-order valence-corrected chi connectivity index (χ2v) is 2.55. The summed E-state index contributed by atoms with van der Waals surface area (Å²) in [5.74, 6) is 0.391. The van der Waals surface area contributed by atoms with E-state index >= 15 is 0 Å². The summed E-state index contributed by atoms with van der Waals surface area (Å²) in [5, 5.41) is 8.37. The highest BCUT2D eigenvalue weighted by molar-refractivity contribution is 5.64. The first kappa shape index (κ1) is 10.1. The molecule has 1 rings (SSSR count). The van der Waals surface area contributed by atoms with Gasteiger partial charge in [0.1, 0.15) is 11.8 Å². The summed E-state index contributed by atoms with van der Waals surface area (Å²) in [7, 11) is 0. The van der Waals surface area contributed by atoms with E-state index in [0.717, 1.165) is 0 Å². The van der Waals surface area contributed by atoms with Crippen molar-refractivity contribution in [2.45, 2.75) is 13.0 Å². The topological polar surface area (TPSA) is 59.3 Å². The lowest BCUT2D eigenvalue weighted by Gasteiger charge is -2.05. The first-order valence-electron chi connectivity index (χ1n) is 4.05. The van der Waals surface area contributed by atoms with Crippen molar-refractivity contribution in [3.63, 3.8) is 0 Å². The smallest absolute Gasteiger partial charge is 0.416 e. The summed E-state index contributed by atoms with van der Waals surface area (Å²) in [6.45, 7) is 1.46. The maximum Gasteiger partial charge on any atom is 0.515 e. The number of carbonyl (C=O) groups excluding carboxylic acids is 1. The van der Waals surface area contributed by atoms with E-state index in [1.54, 1.807) is 36.4 Å². The maximum atomic E-state index is 11.0. The lowest BCUT2D eigenvalue weighted by molar-refractivity contribution is 0.0846. The summed E-state index contributed by atoms with van der Waals surface area (Å²) in [5.41, 5.74) is 0. The largest absolute Gasteiger partial charge is 0.515 e. The Labute approximate surface area is 81.7 Å². The zero-order chi connectivity index (χ0) is 10.4. The number of hydrogen-bond acceptors (Lipinski definition) is 4. The van der Waals surface area contributed by atoms with Gasteiger partial charge in [-0.3, -0.25) is 0 Å². The Morgan fingerprint density at radius 2 is 2.07 bits per heavy atom. The van der Waals surface area contributed by atoms with E-state index in [0.29, 0.717) is 5.75 Å². The Hall–Kier alpha value is -2.02. The highest BCUT2D eigenvalue weighted by atomic mass is 16.7. The van der Waals surface area contributed by atoms with E-state index in [2.05, 4.69) is 4.74 Å². The van der Waals surface area contributed by atoms with Gasteiger partial charge in [-0.15, -0.1) is 0 Å². The van der Waals surface area contributed by atoms with Crippen LogP contribution < -0.4 is 4.74 Å². The summed E-state index contributed by atoms with van der Waals surface area (Å²) < 4.78 is 9.36. The van der Waals surface area contributed by atoms with Gasteiger partial charge in [0.2, 0.25) is 0 Å². The van der Waals surface area contributed by atoms with Gasteiger partial charge >= 0.3 is 6.16 Å². The zero-order valence-electron chi connectivity index (χ0n) is 7.64. The average molecular weight is 191 g/mol. The summed E-state index contributed by atoms with van der Waals surface area (Å²) in [4.78, 5) is 11.0. The Balaban J connectivity index is 2.47. The number of carbonyl (C=O) groups is 1. The van der Waals surface area contributed by atoms with Crippen molar-refractivity contribution in [3.8, 4) is 11.8 Å². The number of ether oxygens (including phenoxy) is 2. The van der Waals surface area contributed by atoms with Gasteiger partial charge in [0.15, 0.2) is 6.10 Å². The third-order valence-corrected chi connectivity index (χ3v) is 1.40. The fourth-order valence-corrected chi connectivity index (χ4v) is 0.780. The molecule has 0 radical (unpaired) electrons. The Kier molecular flexibility index (Phi) is 3.50. The average Bonchev–Trinajstić information content (AvgIpc) is 2.19. The predicted octanol–water partition coefficient (Wildman–Crippen LogP) is 2.11. The molecule has 0 spiro atoms. The molecule has 1 atom stereocenters. The Morgan fingerprint density at radius 1 is 1.43 bits per heavy atom. The van der Waals surface area contributed by atoms with Crippen LogP contribution in [0, 0.1) is 11.3 Å². The fourth-order valence-electron chi connectivity index (χ4n) is 0.780. The van der Waals surface area contributed by atoms with Gasteiger partial charge in [0.05, 0.1) is 0 Å². The summed E-state index contributed by atoms with van der Waals surface area (Å²) in [6.07, 6.45) is -1.67. The van der Waals surface area contributed by atoms with Crippen molar-refractivity contribution < 1.29 is 14.3 Å². The van der Waals surface area contributed by atoms with Crippen molar-refractivity contribution in [2.24, 2.45) is 0 Å². The van der Waals surface area contributed by atoms with Crippen molar-refractivity contribution >= 4 is 6.16 Å². The highest BCUT2D eigenvalue weighted by Crippen LogP contribution is 2.09. The summed E-state index contributed by atoms with van der Waals surface area (Å²) >= 11 is 0. The third kappa shape index (κ3) is 3.15. The Morgan fingerprint density at radius 3 is 2.64 bits per heavy atom. The maximum absolute atomic E-state index is 11.0. The molecular formula is C10H9NO3. The van der Waals surface area contributed by atoms with Crippen LogP contribution in [0.1, 0.15) is 6.92 Å². The van der Waals surface area contributed by atoms with Crippen molar-refractivity contribution in [1.29, 1.82) is 5.26 Å². The van der Waals surface area contributed by atoms with Crippen LogP contribution in [0.5, 0.6) is 5.75 Å². The molecule has 0 aliphatic heterocycles. The predicted molar refractivity (Wildman–Crippen MR) is 48.6 cm³/mol.